The highest BCUT2D eigenvalue weighted by Gasteiger charge is 2.35. The summed E-state index contributed by atoms with van der Waals surface area (Å²) in [5.74, 6) is -2.24. The molecule has 1 N–H and O–H groups in total. The van der Waals surface area contributed by atoms with Gasteiger partial charge in [0, 0.05) is 39.0 Å². The monoisotopic (exact) mass is 504 g/mol. The highest BCUT2D eigenvalue weighted by atomic mass is 35.5. The number of pyridine rings is 1. The molecule has 0 atom stereocenters. The minimum Gasteiger partial charge on any atom is -0.389 e. The van der Waals surface area contributed by atoms with Gasteiger partial charge in [-0.3, -0.25) is 14.4 Å². The van der Waals surface area contributed by atoms with Crippen LogP contribution < -0.4 is 0 Å². The number of hydrogen-bond acceptors (Lipinski definition) is 7. The Morgan fingerprint density at radius 1 is 1.21 bits per heavy atom. The molecule has 1 fully saturated rings. The van der Waals surface area contributed by atoms with Gasteiger partial charge < -0.3 is 14.9 Å². The predicted molar refractivity (Wildman–Crippen MR) is 126 cm³/mol. The summed E-state index contributed by atoms with van der Waals surface area (Å²) in [7, 11) is 2.93. The van der Waals surface area contributed by atoms with Gasteiger partial charge in [-0.15, -0.1) is 0 Å². The Labute approximate surface area is 204 Å². The van der Waals surface area contributed by atoms with Crippen molar-refractivity contribution in [3.05, 3.63) is 58.1 Å². The lowest BCUT2D eigenvalue weighted by Crippen LogP contribution is -2.47. The number of rotatable bonds is 5. The standard InChI is InChI=1S/C23H22ClFN4O4S/c1-28(2)22(32)18(30)17-15-11-16(19(24)26-20(15)34-27-17)21(31)29-9-7-23(33,8-10-29)12-13-3-5-14(25)6-4-13/h3-6,11,33H,7-10,12H2,1-2H3. The van der Waals surface area contributed by atoms with Crippen molar-refractivity contribution in [3.8, 4) is 0 Å². The topological polar surface area (TPSA) is 104 Å². The van der Waals surface area contributed by atoms with Crippen LogP contribution in [0.25, 0.3) is 10.2 Å². The maximum atomic E-state index is 13.2. The number of halogens is 2. The van der Waals surface area contributed by atoms with Crippen LogP contribution in [0.5, 0.6) is 0 Å². The van der Waals surface area contributed by atoms with Gasteiger partial charge in [0.15, 0.2) is 0 Å². The summed E-state index contributed by atoms with van der Waals surface area (Å²) in [6.07, 6.45) is 1.03. The average Bonchev–Trinajstić information content (AvgIpc) is 3.21. The van der Waals surface area contributed by atoms with Crippen LogP contribution in [0.4, 0.5) is 4.39 Å². The van der Waals surface area contributed by atoms with E-state index in [4.69, 9.17) is 11.6 Å². The molecule has 3 aromatic rings. The second kappa shape index (κ2) is 9.36. The molecule has 8 nitrogen and oxygen atoms in total. The van der Waals surface area contributed by atoms with Crippen molar-refractivity contribution in [2.75, 3.05) is 27.2 Å². The van der Waals surface area contributed by atoms with Crippen molar-refractivity contribution >= 4 is 50.9 Å². The quantitative estimate of drug-likeness (QED) is 0.325. The van der Waals surface area contributed by atoms with E-state index in [-0.39, 0.29) is 41.2 Å². The molecule has 1 saturated heterocycles. The summed E-state index contributed by atoms with van der Waals surface area (Å²) >= 11 is 7.20. The number of aliphatic hydroxyl groups is 1. The Morgan fingerprint density at radius 3 is 2.47 bits per heavy atom. The number of nitrogens with zero attached hydrogens (tertiary/aromatic N) is 4. The van der Waals surface area contributed by atoms with Gasteiger partial charge in [-0.2, -0.15) is 4.37 Å². The predicted octanol–water partition coefficient (Wildman–Crippen LogP) is 2.96. The van der Waals surface area contributed by atoms with Crippen molar-refractivity contribution in [2.24, 2.45) is 0 Å². The van der Waals surface area contributed by atoms with E-state index in [1.165, 1.54) is 32.3 Å². The fourth-order valence-corrected chi connectivity index (χ4v) is 4.94. The van der Waals surface area contributed by atoms with Crippen molar-refractivity contribution in [3.63, 3.8) is 0 Å². The fraction of sp³-hybridized carbons (Fsp3) is 0.348. The molecule has 0 saturated carbocycles. The number of aromatic nitrogens is 2. The number of Topliss-reactive ketones (excluding diaryl/α,β-unsaturated/α-hetero) is 1. The van der Waals surface area contributed by atoms with E-state index in [1.54, 1.807) is 17.0 Å². The van der Waals surface area contributed by atoms with Crippen LogP contribution in [-0.4, -0.2) is 74.6 Å². The molecule has 34 heavy (non-hydrogen) atoms. The van der Waals surface area contributed by atoms with E-state index in [0.717, 1.165) is 22.0 Å². The summed E-state index contributed by atoms with van der Waals surface area (Å²) in [5, 5.41) is 11.2. The van der Waals surface area contributed by atoms with Gasteiger partial charge in [0.2, 0.25) is 0 Å². The normalized spacial score (nSPS) is 15.4. The number of fused-ring (bicyclic) bond motifs is 1. The van der Waals surface area contributed by atoms with Crippen LogP contribution >= 0.6 is 23.1 Å². The Bertz CT molecular complexity index is 1270. The van der Waals surface area contributed by atoms with E-state index in [2.05, 4.69) is 9.36 Å². The van der Waals surface area contributed by atoms with Crippen LogP contribution in [-0.2, 0) is 11.2 Å². The Hall–Kier alpha value is -2.95. The number of likely N-dealkylation sites (N-methyl/N-ethyl adjacent to an activating group) is 1. The zero-order valence-electron chi connectivity index (χ0n) is 18.5. The van der Waals surface area contributed by atoms with E-state index >= 15 is 0 Å². The summed E-state index contributed by atoms with van der Waals surface area (Å²) < 4.78 is 17.2. The van der Waals surface area contributed by atoms with Gasteiger partial charge in [0.25, 0.3) is 17.6 Å². The molecule has 0 aliphatic carbocycles. The lowest BCUT2D eigenvalue weighted by Gasteiger charge is -2.38. The number of amides is 2. The molecule has 1 aliphatic rings. The lowest BCUT2D eigenvalue weighted by atomic mass is 9.85. The first-order valence-electron chi connectivity index (χ1n) is 10.6. The highest BCUT2D eigenvalue weighted by molar-refractivity contribution is 7.13. The maximum Gasteiger partial charge on any atom is 0.296 e. The summed E-state index contributed by atoms with van der Waals surface area (Å²) in [5.41, 5.74) is -0.158. The van der Waals surface area contributed by atoms with E-state index in [1.807, 2.05) is 0 Å². The molecule has 0 spiro atoms. The molecule has 1 aromatic carbocycles. The van der Waals surface area contributed by atoms with Crippen LogP contribution in [0.3, 0.4) is 0 Å². The summed E-state index contributed by atoms with van der Waals surface area (Å²) in [6.45, 7) is 0.579. The lowest BCUT2D eigenvalue weighted by molar-refractivity contribution is -0.124. The van der Waals surface area contributed by atoms with E-state index < -0.39 is 17.3 Å². The third kappa shape index (κ3) is 4.79. The third-order valence-corrected chi connectivity index (χ3v) is 6.94. The first-order chi connectivity index (χ1) is 16.1. The third-order valence-electron chi connectivity index (χ3n) is 5.89. The molecule has 11 heteroatoms. The Morgan fingerprint density at radius 2 is 1.85 bits per heavy atom. The second-order valence-corrected chi connectivity index (χ2v) is 9.67. The zero-order chi connectivity index (χ0) is 24.6. The second-order valence-electron chi connectivity index (χ2n) is 8.56. The van der Waals surface area contributed by atoms with E-state index in [0.29, 0.717) is 29.5 Å². The molecular formula is C23H22ClFN4O4S. The van der Waals surface area contributed by atoms with Crippen LogP contribution in [0.1, 0.15) is 39.3 Å². The average molecular weight is 505 g/mol. The molecule has 2 amide bonds. The molecule has 178 valence electrons. The molecule has 0 unspecified atom stereocenters. The van der Waals surface area contributed by atoms with E-state index in [9.17, 15) is 23.9 Å². The number of carbonyl (C=O) groups excluding carboxylic acids is 3. The molecule has 0 bridgehead atoms. The number of hydrogen-bond donors (Lipinski definition) is 1. The smallest absolute Gasteiger partial charge is 0.296 e. The number of ketones is 1. The highest BCUT2D eigenvalue weighted by Crippen LogP contribution is 2.31. The molecule has 4 rings (SSSR count). The SMILES string of the molecule is CN(C)C(=O)C(=O)c1nsc2nc(Cl)c(C(=O)N3CCC(O)(Cc4ccc(F)cc4)CC3)cc12. The van der Waals surface area contributed by atoms with Crippen molar-refractivity contribution in [1.82, 2.24) is 19.2 Å². The first-order valence-corrected chi connectivity index (χ1v) is 11.7. The zero-order valence-corrected chi connectivity index (χ0v) is 20.1. The van der Waals surface area contributed by atoms with Gasteiger partial charge in [-0.1, -0.05) is 23.7 Å². The van der Waals surface area contributed by atoms with Crippen LogP contribution in [0.2, 0.25) is 5.15 Å². The number of carbonyl (C=O) groups is 3. The van der Waals surface area contributed by atoms with Gasteiger partial charge >= 0.3 is 0 Å². The molecule has 0 radical (unpaired) electrons. The molecule has 3 heterocycles. The van der Waals surface area contributed by atoms with Gasteiger partial charge in [0.05, 0.1) is 11.2 Å². The number of likely N-dealkylation sites (tertiary alicyclic amines) is 1. The molecule has 1 aliphatic heterocycles. The van der Waals surface area contributed by atoms with Crippen molar-refractivity contribution in [2.45, 2.75) is 24.9 Å². The minimum absolute atomic E-state index is 0.0220. The van der Waals surface area contributed by atoms with Gasteiger partial charge in [0.1, 0.15) is 21.5 Å². The maximum absolute atomic E-state index is 13.2. The van der Waals surface area contributed by atoms with Crippen molar-refractivity contribution in [1.29, 1.82) is 0 Å². The van der Waals surface area contributed by atoms with Crippen LogP contribution in [0.15, 0.2) is 30.3 Å². The van der Waals surface area contributed by atoms with Gasteiger partial charge in [-0.05, 0) is 48.1 Å². The number of benzene rings is 1. The first kappa shape index (κ1) is 24.2. The molecular weight excluding hydrogens is 483 g/mol. The van der Waals surface area contributed by atoms with Crippen LogP contribution in [0, 0.1) is 5.82 Å². The Balaban J connectivity index is 1.52. The largest absolute Gasteiger partial charge is 0.389 e. The summed E-state index contributed by atoms with van der Waals surface area (Å²) in [6, 6.07) is 7.44. The Kier molecular flexibility index (Phi) is 6.66. The van der Waals surface area contributed by atoms with Gasteiger partial charge in [-0.25, -0.2) is 9.37 Å². The summed E-state index contributed by atoms with van der Waals surface area (Å²) in [4.78, 5) is 45.1. The minimum atomic E-state index is -1.01. The van der Waals surface area contributed by atoms with Crippen molar-refractivity contribution < 1.29 is 23.9 Å². The number of piperidine rings is 1. The molecule has 2 aromatic heterocycles. The fourth-order valence-electron chi connectivity index (χ4n) is 3.93.